The second-order valence-electron chi connectivity index (χ2n) is 7.61. The average Bonchev–Trinajstić information content (AvgIpc) is 3.25. The van der Waals surface area contributed by atoms with Crippen molar-refractivity contribution >= 4 is 11.8 Å². The maximum atomic E-state index is 14.0. The molecule has 0 aliphatic heterocycles. The van der Waals surface area contributed by atoms with Gasteiger partial charge in [0.1, 0.15) is 17.4 Å². The molecule has 2 aromatic carbocycles. The summed E-state index contributed by atoms with van der Waals surface area (Å²) in [6, 6.07) is 13.9. The van der Waals surface area contributed by atoms with Crippen molar-refractivity contribution < 1.29 is 22.3 Å². The Kier molecular flexibility index (Phi) is 6.43. The third-order valence-electron chi connectivity index (χ3n) is 5.20. The zero-order valence-corrected chi connectivity index (χ0v) is 17.1. The number of halogens is 4. The van der Waals surface area contributed by atoms with E-state index in [0.717, 1.165) is 25.7 Å². The van der Waals surface area contributed by atoms with Crippen molar-refractivity contribution in [1.82, 2.24) is 9.97 Å². The first-order valence-electron chi connectivity index (χ1n) is 10.3. The van der Waals surface area contributed by atoms with Crippen LogP contribution in [0.15, 0.2) is 54.6 Å². The molecule has 1 aromatic heterocycles. The van der Waals surface area contributed by atoms with E-state index in [4.69, 9.17) is 0 Å². The van der Waals surface area contributed by atoms with Crippen molar-refractivity contribution in [3.63, 3.8) is 0 Å². The van der Waals surface area contributed by atoms with Gasteiger partial charge in [-0.2, -0.15) is 4.98 Å². The summed E-state index contributed by atoms with van der Waals surface area (Å²) < 4.78 is 55.9. The predicted octanol–water partition coefficient (Wildman–Crippen LogP) is 6.15. The van der Waals surface area contributed by atoms with Gasteiger partial charge < -0.3 is 15.4 Å². The molecule has 0 unspecified atom stereocenters. The zero-order chi connectivity index (χ0) is 22.6. The van der Waals surface area contributed by atoms with Crippen LogP contribution in [-0.2, 0) is 6.54 Å². The van der Waals surface area contributed by atoms with Gasteiger partial charge >= 0.3 is 6.36 Å². The van der Waals surface area contributed by atoms with E-state index in [0.29, 0.717) is 28.6 Å². The van der Waals surface area contributed by atoms with E-state index in [1.807, 2.05) is 0 Å². The number of alkyl halides is 3. The summed E-state index contributed by atoms with van der Waals surface area (Å²) >= 11 is 0. The first-order valence-corrected chi connectivity index (χ1v) is 10.3. The van der Waals surface area contributed by atoms with Crippen LogP contribution in [0, 0.1) is 5.82 Å². The van der Waals surface area contributed by atoms with Gasteiger partial charge in [0.15, 0.2) is 0 Å². The smallest absolute Gasteiger partial charge is 0.406 e. The fourth-order valence-corrected chi connectivity index (χ4v) is 3.68. The third-order valence-corrected chi connectivity index (χ3v) is 5.20. The molecule has 1 aliphatic rings. The first-order chi connectivity index (χ1) is 15.4. The molecule has 3 aromatic rings. The van der Waals surface area contributed by atoms with Gasteiger partial charge in [-0.15, -0.1) is 13.2 Å². The molecule has 1 saturated carbocycles. The van der Waals surface area contributed by atoms with Crippen LogP contribution in [0.1, 0.15) is 31.2 Å². The van der Waals surface area contributed by atoms with Crippen LogP contribution in [0.2, 0.25) is 0 Å². The van der Waals surface area contributed by atoms with Crippen LogP contribution in [0.4, 0.5) is 29.3 Å². The molecule has 0 bridgehead atoms. The Morgan fingerprint density at radius 1 is 0.969 bits per heavy atom. The molecule has 2 N–H and O–H groups in total. The molecule has 0 amide bonds. The summed E-state index contributed by atoms with van der Waals surface area (Å²) in [6.07, 6.45) is -0.550. The number of nitrogens with zero attached hydrogens (tertiary/aromatic N) is 2. The van der Waals surface area contributed by atoms with Crippen LogP contribution < -0.4 is 15.4 Å². The van der Waals surface area contributed by atoms with Crippen LogP contribution in [-0.4, -0.2) is 22.4 Å². The summed E-state index contributed by atoms with van der Waals surface area (Å²) in [6.45, 7) is 0.198. The molecular formula is C23H22F4N4O. The number of benzene rings is 2. The molecule has 0 radical (unpaired) electrons. The van der Waals surface area contributed by atoms with E-state index in [1.54, 1.807) is 30.3 Å². The van der Waals surface area contributed by atoms with E-state index in [-0.39, 0.29) is 24.2 Å². The fraction of sp³-hybridized carbons (Fsp3) is 0.304. The molecule has 1 aliphatic carbocycles. The molecule has 1 heterocycles. The van der Waals surface area contributed by atoms with Crippen LogP contribution in [0.5, 0.6) is 5.75 Å². The number of hydrogen-bond acceptors (Lipinski definition) is 5. The average molecular weight is 446 g/mol. The summed E-state index contributed by atoms with van der Waals surface area (Å²) in [5.74, 6) is 0.129. The predicted molar refractivity (Wildman–Crippen MR) is 114 cm³/mol. The second-order valence-corrected chi connectivity index (χ2v) is 7.61. The van der Waals surface area contributed by atoms with Gasteiger partial charge in [-0.25, -0.2) is 9.37 Å². The molecule has 0 saturated heterocycles. The topological polar surface area (TPSA) is 59.1 Å². The van der Waals surface area contributed by atoms with Crippen molar-refractivity contribution in [3.05, 3.63) is 66.0 Å². The lowest BCUT2D eigenvalue weighted by Crippen LogP contribution is -2.18. The van der Waals surface area contributed by atoms with E-state index < -0.39 is 6.36 Å². The monoisotopic (exact) mass is 446 g/mol. The Labute approximate surface area is 182 Å². The number of hydrogen-bond donors (Lipinski definition) is 2. The highest BCUT2D eigenvalue weighted by atomic mass is 19.4. The van der Waals surface area contributed by atoms with Crippen LogP contribution >= 0.6 is 0 Å². The second kappa shape index (κ2) is 9.42. The maximum absolute atomic E-state index is 14.0. The highest BCUT2D eigenvalue weighted by Crippen LogP contribution is 2.29. The van der Waals surface area contributed by atoms with Crippen molar-refractivity contribution in [1.29, 1.82) is 0 Å². The highest BCUT2D eigenvalue weighted by molar-refractivity contribution is 5.66. The minimum atomic E-state index is -4.79. The lowest BCUT2D eigenvalue weighted by Gasteiger charge is -2.15. The van der Waals surface area contributed by atoms with Crippen molar-refractivity contribution in [3.8, 4) is 17.0 Å². The standard InChI is InChI=1S/C23H22F4N4O/c24-19-11-4-1-6-16(19)14-28-21-13-20(30-22(31-21)29-17-8-2-3-9-17)15-7-5-10-18(12-15)32-23(25,26)27/h1,4-7,10-13,17H,2-3,8-9,14H2,(H2,28,29,30,31). The lowest BCUT2D eigenvalue weighted by molar-refractivity contribution is -0.274. The van der Waals surface area contributed by atoms with Crippen LogP contribution in [0.3, 0.4) is 0 Å². The normalized spacial score (nSPS) is 14.4. The fourth-order valence-electron chi connectivity index (χ4n) is 3.68. The van der Waals surface area contributed by atoms with Crippen molar-refractivity contribution in [2.75, 3.05) is 10.6 Å². The summed E-state index contributed by atoms with van der Waals surface area (Å²) in [5, 5.41) is 6.39. The molecule has 9 heteroatoms. The van der Waals surface area contributed by atoms with Gasteiger partial charge in [0, 0.05) is 29.8 Å². The Morgan fingerprint density at radius 3 is 2.50 bits per heavy atom. The van der Waals surface area contributed by atoms with E-state index in [1.165, 1.54) is 24.3 Å². The Morgan fingerprint density at radius 2 is 1.75 bits per heavy atom. The molecule has 168 valence electrons. The molecule has 32 heavy (non-hydrogen) atoms. The quantitative estimate of drug-likeness (QED) is 0.427. The highest BCUT2D eigenvalue weighted by Gasteiger charge is 2.31. The zero-order valence-electron chi connectivity index (χ0n) is 17.1. The first kappa shape index (κ1) is 21.9. The molecule has 4 rings (SSSR count). The largest absolute Gasteiger partial charge is 0.573 e. The number of rotatable bonds is 7. The number of anilines is 2. The van der Waals surface area contributed by atoms with Crippen molar-refractivity contribution in [2.24, 2.45) is 0 Å². The minimum absolute atomic E-state index is 0.198. The number of ether oxygens (including phenoxy) is 1. The maximum Gasteiger partial charge on any atom is 0.573 e. The van der Waals surface area contributed by atoms with Gasteiger partial charge in [0.2, 0.25) is 5.95 Å². The summed E-state index contributed by atoms with van der Waals surface area (Å²) in [5.41, 5.74) is 1.33. The Hall–Kier alpha value is -3.36. The number of nitrogens with one attached hydrogen (secondary N) is 2. The lowest BCUT2D eigenvalue weighted by atomic mass is 10.1. The van der Waals surface area contributed by atoms with E-state index in [2.05, 4.69) is 25.3 Å². The van der Waals surface area contributed by atoms with Gasteiger partial charge in [0.25, 0.3) is 0 Å². The van der Waals surface area contributed by atoms with Gasteiger partial charge in [-0.3, -0.25) is 0 Å². The summed E-state index contributed by atoms with van der Waals surface area (Å²) in [7, 11) is 0. The molecule has 5 nitrogen and oxygen atoms in total. The molecule has 0 atom stereocenters. The van der Waals surface area contributed by atoms with Gasteiger partial charge in [0.05, 0.1) is 5.69 Å². The molecule has 1 fully saturated rings. The van der Waals surface area contributed by atoms with Crippen molar-refractivity contribution in [2.45, 2.75) is 44.6 Å². The van der Waals surface area contributed by atoms with Crippen LogP contribution in [0.25, 0.3) is 11.3 Å². The van der Waals surface area contributed by atoms with E-state index in [9.17, 15) is 17.6 Å². The van der Waals surface area contributed by atoms with E-state index >= 15 is 0 Å². The Balaban J connectivity index is 1.62. The van der Waals surface area contributed by atoms with Gasteiger partial charge in [-0.1, -0.05) is 43.2 Å². The third kappa shape index (κ3) is 5.87. The molecule has 0 spiro atoms. The SMILES string of the molecule is Fc1ccccc1CNc1cc(-c2cccc(OC(F)(F)F)c2)nc(NC2CCCC2)n1. The van der Waals surface area contributed by atoms with Gasteiger partial charge in [-0.05, 0) is 31.0 Å². The number of aromatic nitrogens is 2. The molecular weight excluding hydrogens is 424 g/mol. The Bertz CT molecular complexity index is 1070. The minimum Gasteiger partial charge on any atom is -0.406 e. The summed E-state index contributed by atoms with van der Waals surface area (Å²) in [4.78, 5) is 8.99.